The quantitative estimate of drug-likeness (QED) is 0.849. The average molecular weight is 260 g/mol. The van der Waals surface area contributed by atoms with Crippen LogP contribution in [0.2, 0.25) is 0 Å². The zero-order valence-corrected chi connectivity index (χ0v) is 8.06. The van der Waals surface area contributed by atoms with E-state index in [0.29, 0.717) is 0 Å². The van der Waals surface area contributed by atoms with Crippen molar-refractivity contribution in [3.05, 3.63) is 23.1 Å². The Bertz CT molecular complexity index is 406. The summed E-state index contributed by atoms with van der Waals surface area (Å²) in [5.74, 6) is -3.06. The first-order valence-corrected chi connectivity index (χ1v) is 4.18. The second-order valence-electron chi connectivity index (χ2n) is 2.86. The van der Waals surface area contributed by atoms with Crippen LogP contribution in [0.15, 0.2) is 6.07 Å². The summed E-state index contributed by atoms with van der Waals surface area (Å²) in [4.78, 5) is 2.98. The van der Waals surface area contributed by atoms with Crippen molar-refractivity contribution in [3.8, 4) is 5.88 Å². The van der Waals surface area contributed by atoms with Crippen LogP contribution in [0.1, 0.15) is 17.7 Å². The molecule has 0 spiro atoms. The van der Waals surface area contributed by atoms with Crippen molar-refractivity contribution in [3.63, 3.8) is 0 Å². The summed E-state index contributed by atoms with van der Waals surface area (Å²) in [6.07, 6.45) is -8.25. The molecular weight excluding hydrogens is 254 g/mol. The van der Waals surface area contributed by atoms with Gasteiger partial charge in [-0.15, -0.1) is 13.2 Å². The maximum atomic E-state index is 13.0. The molecule has 96 valence electrons. The molecular formula is C8H6F6N2O. The van der Waals surface area contributed by atoms with Crippen molar-refractivity contribution < 1.29 is 31.1 Å². The molecule has 17 heavy (non-hydrogen) atoms. The molecule has 3 nitrogen and oxygen atoms in total. The molecule has 0 aliphatic carbocycles. The molecule has 0 saturated heterocycles. The van der Waals surface area contributed by atoms with Gasteiger partial charge >= 0.3 is 6.36 Å². The molecule has 2 N–H and O–H groups in total. The number of rotatable bonds is 3. The van der Waals surface area contributed by atoms with Gasteiger partial charge in [0.2, 0.25) is 0 Å². The van der Waals surface area contributed by atoms with Crippen molar-refractivity contribution in [2.75, 3.05) is 0 Å². The minimum Gasteiger partial charge on any atom is -0.385 e. The van der Waals surface area contributed by atoms with Gasteiger partial charge in [0.05, 0.1) is 5.69 Å². The lowest BCUT2D eigenvalue weighted by Crippen LogP contribution is -2.20. The van der Waals surface area contributed by atoms with Gasteiger partial charge in [-0.1, -0.05) is 0 Å². The number of aromatic nitrogens is 1. The van der Waals surface area contributed by atoms with E-state index in [2.05, 4.69) is 9.72 Å². The largest absolute Gasteiger partial charge is 0.574 e. The van der Waals surface area contributed by atoms with Crippen LogP contribution in [0.25, 0.3) is 0 Å². The van der Waals surface area contributed by atoms with Gasteiger partial charge in [0, 0.05) is 12.1 Å². The summed E-state index contributed by atoms with van der Waals surface area (Å²) in [6, 6.07) is 0.223. The third-order valence-corrected chi connectivity index (χ3v) is 1.70. The molecule has 0 atom stereocenters. The summed E-state index contributed by atoms with van der Waals surface area (Å²) in [7, 11) is 0. The second-order valence-corrected chi connectivity index (χ2v) is 2.86. The van der Waals surface area contributed by atoms with E-state index in [-0.39, 0.29) is 6.07 Å². The fourth-order valence-electron chi connectivity index (χ4n) is 1.06. The van der Waals surface area contributed by atoms with Gasteiger partial charge < -0.3 is 10.5 Å². The molecule has 0 fully saturated rings. The summed E-state index contributed by atoms with van der Waals surface area (Å²) in [5.41, 5.74) is 3.60. The second kappa shape index (κ2) is 4.78. The highest BCUT2D eigenvalue weighted by molar-refractivity contribution is 5.28. The molecule has 0 aliphatic heterocycles. The predicted molar refractivity (Wildman–Crippen MR) is 43.7 cm³/mol. The first-order chi connectivity index (χ1) is 7.74. The maximum absolute atomic E-state index is 13.0. The molecule has 1 aromatic heterocycles. The Kier molecular flexibility index (Phi) is 3.81. The number of pyridine rings is 1. The van der Waals surface area contributed by atoms with Gasteiger partial charge in [-0.05, 0) is 6.07 Å². The van der Waals surface area contributed by atoms with E-state index >= 15 is 0 Å². The summed E-state index contributed by atoms with van der Waals surface area (Å²) in [5, 5.41) is 0. The molecule has 1 aromatic rings. The number of alkyl halides is 5. The van der Waals surface area contributed by atoms with Gasteiger partial charge in [0.15, 0.2) is 5.82 Å². The Morgan fingerprint density at radius 2 is 1.94 bits per heavy atom. The van der Waals surface area contributed by atoms with Crippen LogP contribution in [-0.2, 0) is 6.54 Å². The van der Waals surface area contributed by atoms with Crippen LogP contribution in [0.3, 0.4) is 0 Å². The van der Waals surface area contributed by atoms with Gasteiger partial charge in [0.25, 0.3) is 12.3 Å². The molecule has 1 rings (SSSR count). The van der Waals surface area contributed by atoms with E-state index in [1.165, 1.54) is 0 Å². The van der Waals surface area contributed by atoms with Crippen molar-refractivity contribution in [1.29, 1.82) is 0 Å². The molecule has 0 unspecified atom stereocenters. The first-order valence-electron chi connectivity index (χ1n) is 4.18. The fraction of sp³-hybridized carbons (Fsp3) is 0.375. The highest BCUT2D eigenvalue weighted by Crippen LogP contribution is 2.29. The van der Waals surface area contributed by atoms with Crippen molar-refractivity contribution in [2.24, 2.45) is 5.73 Å². The van der Waals surface area contributed by atoms with Crippen molar-refractivity contribution in [2.45, 2.75) is 19.3 Å². The van der Waals surface area contributed by atoms with Gasteiger partial charge in [-0.3, -0.25) is 0 Å². The normalized spacial score (nSPS) is 12.0. The molecule has 0 aliphatic rings. The summed E-state index contributed by atoms with van der Waals surface area (Å²) < 4.78 is 76.3. The topological polar surface area (TPSA) is 48.1 Å². The van der Waals surface area contributed by atoms with E-state index in [0.717, 1.165) is 0 Å². The molecule has 0 saturated carbocycles. The number of hydrogen-bond donors (Lipinski definition) is 1. The monoisotopic (exact) mass is 260 g/mol. The van der Waals surface area contributed by atoms with E-state index in [1.54, 1.807) is 0 Å². The van der Waals surface area contributed by atoms with Crippen LogP contribution in [0, 0.1) is 5.82 Å². The molecule has 0 amide bonds. The highest BCUT2D eigenvalue weighted by atomic mass is 19.4. The van der Waals surface area contributed by atoms with Crippen LogP contribution in [0.5, 0.6) is 5.88 Å². The molecule has 0 radical (unpaired) electrons. The minimum atomic E-state index is -5.16. The fourth-order valence-corrected chi connectivity index (χ4v) is 1.06. The highest BCUT2D eigenvalue weighted by Gasteiger charge is 2.34. The minimum absolute atomic E-state index is 0.223. The molecule has 9 heteroatoms. The SMILES string of the molecule is NCc1nc(OC(F)(F)F)c(F)cc1C(F)F. The lowest BCUT2D eigenvalue weighted by Gasteiger charge is -2.12. The average Bonchev–Trinajstić information content (AvgIpc) is 2.18. The Morgan fingerprint density at radius 3 is 2.35 bits per heavy atom. The molecule has 0 bridgehead atoms. The summed E-state index contributed by atoms with van der Waals surface area (Å²) in [6.45, 7) is -0.561. The van der Waals surface area contributed by atoms with E-state index in [4.69, 9.17) is 5.73 Å². The van der Waals surface area contributed by atoms with Crippen LogP contribution < -0.4 is 10.5 Å². The van der Waals surface area contributed by atoms with Crippen LogP contribution in [-0.4, -0.2) is 11.3 Å². The maximum Gasteiger partial charge on any atom is 0.574 e. The lowest BCUT2D eigenvalue weighted by atomic mass is 10.2. The van der Waals surface area contributed by atoms with Crippen molar-refractivity contribution in [1.82, 2.24) is 4.98 Å². The first kappa shape index (κ1) is 13.6. The standard InChI is InChI=1S/C8H6F6N2O/c9-4-1-3(6(10)11)5(2-15)16-7(4)17-8(12,13)14/h1,6H,2,15H2. The van der Waals surface area contributed by atoms with E-state index in [9.17, 15) is 26.3 Å². The van der Waals surface area contributed by atoms with Gasteiger partial charge in [0.1, 0.15) is 0 Å². The van der Waals surface area contributed by atoms with Gasteiger partial charge in [-0.2, -0.15) is 0 Å². The number of nitrogens with two attached hydrogens (primary N) is 1. The molecule has 1 heterocycles. The van der Waals surface area contributed by atoms with Crippen LogP contribution >= 0.6 is 0 Å². The predicted octanol–water partition coefficient (Wildman–Crippen LogP) is 2.52. The zero-order valence-electron chi connectivity index (χ0n) is 8.06. The number of hydrogen-bond acceptors (Lipinski definition) is 3. The number of halogens is 6. The summed E-state index contributed by atoms with van der Waals surface area (Å²) >= 11 is 0. The number of ether oxygens (including phenoxy) is 1. The Morgan fingerprint density at radius 1 is 1.35 bits per heavy atom. The van der Waals surface area contributed by atoms with Crippen molar-refractivity contribution >= 4 is 0 Å². The Labute approximate surface area is 91.2 Å². The lowest BCUT2D eigenvalue weighted by molar-refractivity contribution is -0.277. The zero-order chi connectivity index (χ0) is 13.2. The van der Waals surface area contributed by atoms with E-state index in [1.807, 2.05) is 0 Å². The number of nitrogens with zero attached hydrogens (tertiary/aromatic N) is 1. The Hall–Kier alpha value is -1.51. The van der Waals surface area contributed by atoms with E-state index < -0.39 is 42.3 Å². The van der Waals surface area contributed by atoms with Gasteiger partial charge in [-0.25, -0.2) is 18.2 Å². The smallest absolute Gasteiger partial charge is 0.385 e. The third kappa shape index (κ3) is 3.48. The molecule has 0 aromatic carbocycles. The van der Waals surface area contributed by atoms with Crippen LogP contribution in [0.4, 0.5) is 26.3 Å². The Balaban J connectivity index is 3.18. The third-order valence-electron chi connectivity index (χ3n) is 1.70.